The van der Waals surface area contributed by atoms with Gasteiger partial charge in [-0.05, 0) is 87.3 Å². The number of fused-ring (bicyclic) bond motifs is 1. The lowest BCUT2D eigenvalue weighted by Gasteiger charge is -2.71. The molecule has 7 nitrogen and oxygen atoms in total. The molecule has 0 aromatic carbocycles. The van der Waals surface area contributed by atoms with Gasteiger partial charge in [0.15, 0.2) is 5.76 Å². The number of aliphatic hydroxyl groups is 4. The number of rotatable bonds is 9. The summed E-state index contributed by atoms with van der Waals surface area (Å²) in [4.78, 5) is 16.4. The van der Waals surface area contributed by atoms with Crippen LogP contribution >= 0.6 is 0 Å². The van der Waals surface area contributed by atoms with Crippen LogP contribution in [-0.4, -0.2) is 75.2 Å². The van der Waals surface area contributed by atoms with Gasteiger partial charge < -0.3 is 24.8 Å². The number of carbonyl (C=O) groups is 1. The van der Waals surface area contributed by atoms with Crippen LogP contribution in [0.25, 0.3) is 0 Å². The van der Waals surface area contributed by atoms with Gasteiger partial charge in [0.2, 0.25) is 5.78 Å². The molecule has 0 amide bonds. The first kappa shape index (κ1) is 28.4. The van der Waals surface area contributed by atoms with Gasteiger partial charge in [0.05, 0.1) is 30.7 Å². The molecular weight excluding hydrogens is 506 g/mol. The molecule has 0 radical (unpaired) electrons. The van der Waals surface area contributed by atoms with Crippen LogP contribution in [0, 0.1) is 33.5 Å². The van der Waals surface area contributed by atoms with Crippen molar-refractivity contribution >= 4 is 5.78 Å². The molecule has 0 aliphatic heterocycles. The van der Waals surface area contributed by atoms with Crippen LogP contribution in [0.5, 0.6) is 0 Å². The lowest BCUT2D eigenvalue weighted by Crippen LogP contribution is -2.67. The minimum Gasteiger partial charge on any atom is -0.461 e. The van der Waals surface area contributed by atoms with Crippen molar-refractivity contribution in [1.82, 2.24) is 4.90 Å². The molecule has 0 saturated heterocycles. The predicted octanol–water partition coefficient (Wildman–Crippen LogP) is 4.12. The summed E-state index contributed by atoms with van der Waals surface area (Å²) in [6, 6.07) is 3.50. The Balaban J connectivity index is 1.44. The Morgan fingerprint density at radius 2 is 1.85 bits per heavy atom. The normalized spacial score (nSPS) is 44.2. The maximum Gasteiger partial charge on any atom is 0.224 e. The van der Waals surface area contributed by atoms with Crippen molar-refractivity contribution in [2.24, 2.45) is 33.5 Å². The standard InChI is InChI=1S/C33H47NO6/c1-4-15-34(19-23(37)20-35)21-32(39)12-9-27-30(32,3)11-8-26-29(2)10-7-22(36)17-31(29)13-14-33(26,27)24(18-31)28(38)25-6-5-16-40-25/h5-6,13-14,16,18,22-23,26-27,35-37,39H,4,7-12,15,17,19-21H2,1-3H3. The first-order chi connectivity index (χ1) is 19.0. The third kappa shape index (κ3) is 3.70. The van der Waals surface area contributed by atoms with E-state index in [-0.39, 0.29) is 41.2 Å². The molecule has 6 aliphatic carbocycles. The third-order valence-corrected chi connectivity index (χ3v) is 12.4. The number of carbonyl (C=O) groups excluding carboxylic acids is 1. The van der Waals surface area contributed by atoms with Crippen molar-refractivity contribution in [3.8, 4) is 0 Å². The van der Waals surface area contributed by atoms with Crippen molar-refractivity contribution in [3.63, 3.8) is 0 Å². The van der Waals surface area contributed by atoms with E-state index in [1.807, 2.05) is 0 Å². The summed E-state index contributed by atoms with van der Waals surface area (Å²) in [5.74, 6) is 0.583. The molecular formula is C33H47NO6. The van der Waals surface area contributed by atoms with Gasteiger partial charge in [-0.1, -0.05) is 39.0 Å². The van der Waals surface area contributed by atoms with E-state index >= 15 is 0 Å². The highest BCUT2D eigenvalue weighted by atomic mass is 16.3. The highest BCUT2D eigenvalue weighted by molar-refractivity contribution is 6.08. The molecule has 6 aliphatic rings. The van der Waals surface area contributed by atoms with Crippen LogP contribution in [0.2, 0.25) is 0 Å². The smallest absolute Gasteiger partial charge is 0.224 e. The molecule has 2 bridgehead atoms. The predicted molar refractivity (Wildman–Crippen MR) is 151 cm³/mol. The van der Waals surface area contributed by atoms with E-state index in [9.17, 15) is 25.2 Å². The first-order valence-corrected chi connectivity index (χ1v) is 15.4. The number of hydrogen-bond donors (Lipinski definition) is 4. The average molecular weight is 554 g/mol. The fourth-order valence-corrected chi connectivity index (χ4v) is 10.4. The van der Waals surface area contributed by atoms with Gasteiger partial charge in [0.1, 0.15) is 0 Å². The molecule has 7 heteroatoms. The van der Waals surface area contributed by atoms with Crippen LogP contribution < -0.4 is 0 Å². The molecule has 7 rings (SSSR count). The van der Waals surface area contributed by atoms with Crippen LogP contribution in [0.4, 0.5) is 0 Å². The Morgan fingerprint density at radius 1 is 1.12 bits per heavy atom. The van der Waals surface area contributed by atoms with E-state index in [2.05, 4.69) is 43.9 Å². The van der Waals surface area contributed by atoms with Gasteiger partial charge in [0, 0.05) is 34.9 Å². The molecule has 9 unspecified atom stereocenters. The van der Waals surface area contributed by atoms with Gasteiger partial charge in [-0.15, -0.1) is 0 Å². The molecule has 3 fully saturated rings. The minimum absolute atomic E-state index is 0.0679. The van der Waals surface area contributed by atoms with Crippen molar-refractivity contribution < 1.29 is 29.6 Å². The molecule has 1 aromatic heterocycles. The van der Waals surface area contributed by atoms with Crippen molar-refractivity contribution in [2.75, 3.05) is 26.2 Å². The fourth-order valence-electron chi connectivity index (χ4n) is 10.4. The molecule has 2 spiro atoms. The van der Waals surface area contributed by atoms with E-state index in [1.165, 1.54) is 0 Å². The highest BCUT2D eigenvalue weighted by Gasteiger charge is 2.74. The second-order valence-electron chi connectivity index (χ2n) is 14.2. The van der Waals surface area contributed by atoms with Gasteiger partial charge >= 0.3 is 0 Å². The molecule has 9 atom stereocenters. The second-order valence-corrected chi connectivity index (χ2v) is 14.2. The molecule has 3 saturated carbocycles. The summed E-state index contributed by atoms with van der Waals surface area (Å²) in [5, 5.41) is 43.1. The summed E-state index contributed by atoms with van der Waals surface area (Å²) in [7, 11) is 0. The average Bonchev–Trinajstić information content (AvgIpc) is 3.55. The fraction of sp³-hybridized carbons (Fsp3) is 0.727. The molecule has 4 N–H and O–H groups in total. The Kier molecular flexibility index (Phi) is 6.83. The largest absolute Gasteiger partial charge is 0.461 e. The molecule has 220 valence electrons. The molecule has 1 aromatic rings. The van der Waals surface area contributed by atoms with Crippen molar-refractivity contribution in [2.45, 2.75) is 89.9 Å². The van der Waals surface area contributed by atoms with E-state index in [0.29, 0.717) is 31.7 Å². The van der Waals surface area contributed by atoms with Crippen LogP contribution in [0.15, 0.2) is 46.6 Å². The summed E-state index contributed by atoms with van der Waals surface area (Å²) < 4.78 is 5.65. The van der Waals surface area contributed by atoms with Crippen molar-refractivity contribution in [3.05, 3.63) is 48.0 Å². The Bertz CT molecular complexity index is 1190. The number of nitrogens with zero attached hydrogens (tertiary/aromatic N) is 1. The minimum atomic E-state index is -0.982. The second kappa shape index (κ2) is 9.63. The van der Waals surface area contributed by atoms with Gasteiger partial charge in [-0.3, -0.25) is 9.69 Å². The monoisotopic (exact) mass is 553 g/mol. The summed E-state index contributed by atoms with van der Waals surface area (Å²) in [6.45, 7) is 7.90. The van der Waals surface area contributed by atoms with Crippen LogP contribution in [0.1, 0.15) is 82.7 Å². The Labute approximate surface area is 237 Å². The quantitative estimate of drug-likeness (QED) is 0.269. The number of ketones is 1. The van der Waals surface area contributed by atoms with E-state index in [0.717, 1.165) is 50.6 Å². The summed E-state index contributed by atoms with van der Waals surface area (Å²) in [6.07, 6.45) is 13.6. The van der Waals surface area contributed by atoms with E-state index in [1.54, 1.807) is 18.4 Å². The zero-order valence-electron chi connectivity index (χ0n) is 24.3. The van der Waals surface area contributed by atoms with E-state index < -0.39 is 22.5 Å². The number of furan rings is 1. The maximum atomic E-state index is 14.2. The lowest BCUT2D eigenvalue weighted by molar-refractivity contribution is -0.177. The number of allylic oxidation sites excluding steroid dienone is 4. The summed E-state index contributed by atoms with van der Waals surface area (Å²) >= 11 is 0. The van der Waals surface area contributed by atoms with E-state index in [4.69, 9.17) is 4.42 Å². The number of aliphatic hydroxyl groups excluding tert-OH is 3. The first-order valence-electron chi connectivity index (χ1n) is 15.4. The SMILES string of the molecule is CCCN(CC(O)CO)CC1(O)CCC2C34C=CC5(C=C3C(=O)c3ccco3)CC(O)CCC5(C)C4CCC21C. The highest BCUT2D eigenvalue weighted by Crippen LogP contribution is 2.78. The Hall–Kier alpha value is -1.77. The van der Waals surface area contributed by atoms with Gasteiger partial charge in [-0.25, -0.2) is 0 Å². The van der Waals surface area contributed by atoms with Gasteiger partial charge in [0.25, 0.3) is 0 Å². The third-order valence-electron chi connectivity index (χ3n) is 12.4. The lowest BCUT2D eigenvalue weighted by atomic mass is 9.32. The van der Waals surface area contributed by atoms with Crippen molar-refractivity contribution in [1.29, 1.82) is 0 Å². The van der Waals surface area contributed by atoms with Crippen LogP contribution in [0.3, 0.4) is 0 Å². The topological polar surface area (TPSA) is 114 Å². The zero-order valence-corrected chi connectivity index (χ0v) is 24.3. The molecule has 1 heterocycles. The summed E-state index contributed by atoms with van der Waals surface area (Å²) in [5.41, 5.74) is -1.58. The molecule has 40 heavy (non-hydrogen) atoms. The maximum absolute atomic E-state index is 14.2. The van der Waals surface area contributed by atoms with Gasteiger partial charge in [-0.2, -0.15) is 0 Å². The zero-order chi connectivity index (χ0) is 28.6. The Morgan fingerprint density at radius 3 is 2.55 bits per heavy atom. The number of Topliss-reactive ketones (excluding diaryl/α,β-unsaturated/α-hetero) is 1. The van der Waals surface area contributed by atoms with Crippen LogP contribution in [-0.2, 0) is 0 Å². The number of hydrogen-bond acceptors (Lipinski definition) is 7.